The van der Waals surface area contributed by atoms with Gasteiger partial charge in [-0.25, -0.2) is 4.98 Å². The first-order valence-electron chi connectivity index (χ1n) is 9.21. The molecule has 132 valence electrons. The third-order valence-corrected chi connectivity index (χ3v) is 6.62. The molecule has 1 aromatic heterocycles. The monoisotopic (exact) mass is 349 g/mol. The van der Waals surface area contributed by atoms with Gasteiger partial charge < -0.3 is 9.64 Å². The molecule has 0 aliphatic carbocycles. The van der Waals surface area contributed by atoms with Gasteiger partial charge in [-0.2, -0.15) is 0 Å². The van der Waals surface area contributed by atoms with Gasteiger partial charge in [0.15, 0.2) is 0 Å². The van der Waals surface area contributed by atoms with Gasteiger partial charge >= 0.3 is 0 Å². The van der Waals surface area contributed by atoms with Crippen LogP contribution in [-0.2, 0) is 16.1 Å². The molecule has 0 radical (unpaired) electrons. The normalized spacial score (nSPS) is 27.9. The maximum atomic E-state index is 12.3. The molecule has 1 amide bonds. The number of ether oxygens (including phenoxy) is 1. The van der Waals surface area contributed by atoms with Crippen molar-refractivity contribution in [3.8, 4) is 0 Å². The maximum Gasteiger partial charge on any atom is 0.222 e. The van der Waals surface area contributed by atoms with E-state index in [-0.39, 0.29) is 6.10 Å². The average molecular weight is 350 g/mol. The number of piperidine rings is 2. The summed E-state index contributed by atoms with van der Waals surface area (Å²) in [6.45, 7) is 5.83. The van der Waals surface area contributed by atoms with E-state index in [0.717, 1.165) is 65.0 Å². The van der Waals surface area contributed by atoms with Crippen molar-refractivity contribution in [1.82, 2.24) is 14.8 Å². The lowest BCUT2D eigenvalue weighted by Gasteiger charge is -2.47. The number of rotatable bonds is 4. The van der Waals surface area contributed by atoms with Crippen molar-refractivity contribution >= 4 is 17.2 Å². The Bertz CT molecular complexity index is 549. The Balaban J connectivity index is 1.32. The zero-order chi connectivity index (χ0) is 16.4. The first-order chi connectivity index (χ1) is 11.7. The molecule has 5 nitrogen and oxygen atoms in total. The molecule has 3 aliphatic heterocycles. The largest absolute Gasteiger partial charge is 0.376 e. The van der Waals surface area contributed by atoms with Crippen LogP contribution in [0.2, 0.25) is 0 Å². The van der Waals surface area contributed by atoms with Crippen LogP contribution >= 0.6 is 11.3 Å². The Labute approximate surface area is 148 Å². The third kappa shape index (κ3) is 3.65. The molecule has 4 heterocycles. The molecule has 0 bridgehead atoms. The van der Waals surface area contributed by atoms with Crippen molar-refractivity contribution in [3.05, 3.63) is 16.6 Å². The fourth-order valence-corrected chi connectivity index (χ4v) is 4.99. The lowest BCUT2D eigenvalue weighted by molar-refractivity contribution is -0.141. The van der Waals surface area contributed by atoms with Crippen molar-refractivity contribution in [3.63, 3.8) is 0 Å². The summed E-state index contributed by atoms with van der Waals surface area (Å²) in [7, 11) is 0. The second-order valence-electron chi connectivity index (χ2n) is 7.67. The second kappa shape index (κ2) is 7.10. The summed E-state index contributed by atoms with van der Waals surface area (Å²) in [6.07, 6.45) is 6.71. The summed E-state index contributed by atoms with van der Waals surface area (Å²) in [5, 5.41) is 2.15. The Morgan fingerprint density at radius 1 is 1.33 bits per heavy atom. The molecule has 0 N–H and O–H groups in total. The molecule has 6 heteroatoms. The van der Waals surface area contributed by atoms with Gasteiger partial charge in [0, 0.05) is 38.0 Å². The molecule has 4 rings (SSSR count). The fraction of sp³-hybridized carbons (Fsp3) is 0.778. The summed E-state index contributed by atoms with van der Waals surface area (Å²) in [6, 6.07) is 0. The van der Waals surface area contributed by atoms with Gasteiger partial charge in [-0.3, -0.25) is 9.69 Å². The van der Waals surface area contributed by atoms with E-state index >= 15 is 0 Å². The van der Waals surface area contributed by atoms with Crippen LogP contribution in [0.4, 0.5) is 0 Å². The zero-order valence-corrected chi connectivity index (χ0v) is 15.1. The van der Waals surface area contributed by atoms with E-state index < -0.39 is 0 Å². The lowest BCUT2D eigenvalue weighted by atomic mass is 9.72. The molecule has 3 fully saturated rings. The van der Waals surface area contributed by atoms with Crippen LogP contribution in [0.3, 0.4) is 0 Å². The number of thiazole rings is 1. The number of aromatic nitrogens is 1. The molecular weight excluding hydrogens is 322 g/mol. The molecule has 1 atom stereocenters. The minimum atomic E-state index is 0.272. The van der Waals surface area contributed by atoms with E-state index in [1.54, 1.807) is 11.3 Å². The average Bonchev–Trinajstić information content (AvgIpc) is 3.27. The van der Waals surface area contributed by atoms with Crippen LogP contribution < -0.4 is 0 Å². The van der Waals surface area contributed by atoms with Gasteiger partial charge in [0.1, 0.15) is 0 Å². The van der Waals surface area contributed by atoms with E-state index in [2.05, 4.69) is 20.2 Å². The number of hydrogen-bond acceptors (Lipinski definition) is 5. The smallest absolute Gasteiger partial charge is 0.222 e. The van der Waals surface area contributed by atoms with E-state index in [0.29, 0.717) is 11.3 Å². The lowest BCUT2D eigenvalue weighted by Crippen LogP contribution is -2.52. The van der Waals surface area contributed by atoms with E-state index in [9.17, 15) is 4.79 Å². The number of nitrogens with zero attached hydrogens (tertiary/aromatic N) is 3. The number of likely N-dealkylation sites (tertiary alicyclic amines) is 2. The van der Waals surface area contributed by atoms with Crippen LogP contribution in [0, 0.1) is 5.41 Å². The molecule has 3 saturated heterocycles. The highest BCUT2D eigenvalue weighted by Gasteiger charge is 2.41. The molecule has 24 heavy (non-hydrogen) atoms. The molecule has 1 aromatic rings. The van der Waals surface area contributed by atoms with E-state index in [4.69, 9.17) is 4.74 Å². The minimum Gasteiger partial charge on any atom is -0.376 e. The highest BCUT2D eigenvalue weighted by molar-refractivity contribution is 7.07. The molecule has 1 spiro atoms. The van der Waals surface area contributed by atoms with Crippen molar-refractivity contribution < 1.29 is 9.53 Å². The highest BCUT2D eigenvalue weighted by atomic mass is 32.1. The SMILES string of the molecule is O=C1CCC2(CCN(Cc3cscn3)CC2)CN1CC1CCCO1. The number of carbonyl (C=O) groups is 1. The first kappa shape index (κ1) is 16.5. The van der Waals surface area contributed by atoms with Gasteiger partial charge in [-0.1, -0.05) is 0 Å². The molecule has 0 saturated carbocycles. The van der Waals surface area contributed by atoms with Crippen LogP contribution in [0.1, 0.15) is 44.2 Å². The van der Waals surface area contributed by atoms with E-state index in [1.807, 2.05) is 5.51 Å². The molecule has 3 aliphatic rings. The third-order valence-electron chi connectivity index (χ3n) is 5.98. The molecule has 0 aromatic carbocycles. The first-order valence-corrected chi connectivity index (χ1v) is 10.2. The summed E-state index contributed by atoms with van der Waals surface area (Å²) < 4.78 is 5.75. The predicted molar refractivity (Wildman–Crippen MR) is 93.8 cm³/mol. The minimum absolute atomic E-state index is 0.272. The maximum absolute atomic E-state index is 12.3. The van der Waals surface area contributed by atoms with Gasteiger partial charge in [0.05, 0.1) is 17.3 Å². The highest BCUT2D eigenvalue weighted by Crippen LogP contribution is 2.40. The van der Waals surface area contributed by atoms with Crippen molar-refractivity contribution in [2.24, 2.45) is 5.41 Å². The summed E-state index contributed by atoms with van der Waals surface area (Å²) >= 11 is 1.67. The van der Waals surface area contributed by atoms with Crippen molar-refractivity contribution in [2.45, 2.75) is 51.2 Å². The topological polar surface area (TPSA) is 45.7 Å². The Morgan fingerprint density at radius 2 is 2.21 bits per heavy atom. The van der Waals surface area contributed by atoms with Crippen LogP contribution in [-0.4, -0.2) is 59.6 Å². The Kier molecular flexibility index (Phi) is 4.88. The van der Waals surface area contributed by atoms with Gasteiger partial charge in [-0.15, -0.1) is 11.3 Å². The zero-order valence-electron chi connectivity index (χ0n) is 14.3. The van der Waals surface area contributed by atoms with Crippen LogP contribution in [0.15, 0.2) is 10.9 Å². The second-order valence-corrected chi connectivity index (χ2v) is 8.38. The summed E-state index contributed by atoms with van der Waals surface area (Å²) in [5.74, 6) is 0.334. The van der Waals surface area contributed by atoms with E-state index in [1.165, 1.54) is 18.5 Å². The number of amides is 1. The predicted octanol–water partition coefficient (Wildman–Crippen LogP) is 2.53. The summed E-state index contributed by atoms with van der Waals surface area (Å²) in [4.78, 5) is 21.4. The van der Waals surface area contributed by atoms with Gasteiger partial charge in [0.25, 0.3) is 0 Å². The Hall–Kier alpha value is -0.980. The fourth-order valence-electron chi connectivity index (χ4n) is 4.44. The van der Waals surface area contributed by atoms with Crippen LogP contribution in [0.5, 0.6) is 0 Å². The van der Waals surface area contributed by atoms with Crippen molar-refractivity contribution in [1.29, 1.82) is 0 Å². The van der Waals surface area contributed by atoms with Crippen LogP contribution in [0.25, 0.3) is 0 Å². The quantitative estimate of drug-likeness (QED) is 0.838. The van der Waals surface area contributed by atoms with Gasteiger partial charge in [0.2, 0.25) is 5.91 Å². The van der Waals surface area contributed by atoms with Crippen molar-refractivity contribution in [2.75, 3.05) is 32.8 Å². The standard InChI is InChI=1S/C18H27N3O2S/c22-17-3-4-18(13-21(17)11-16-2-1-9-23-16)5-7-20(8-6-18)10-15-12-24-14-19-15/h12,14,16H,1-11,13H2. The van der Waals surface area contributed by atoms with Gasteiger partial charge in [-0.05, 0) is 50.6 Å². The molecule has 1 unspecified atom stereocenters. The Morgan fingerprint density at radius 3 is 2.92 bits per heavy atom. The summed E-state index contributed by atoms with van der Waals surface area (Å²) in [5.41, 5.74) is 3.44. The molecular formula is C18H27N3O2S. The number of carbonyl (C=O) groups excluding carboxylic acids is 1. The number of hydrogen-bond donors (Lipinski definition) is 0.